The predicted molar refractivity (Wildman–Crippen MR) is 70.2 cm³/mol. The first-order valence-corrected chi connectivity index (χ1v) is 6.86. The number of hydrogen-bond donors (Lipinski definition) is 0. The van der Waals surface area contributed by atoms with E-state index in [1.807, 2.05) is 4.90 Å². The summed E-state index contributed by atoms with van der Waals surface area (Å²) >= 11 is 3.56. The van der Waals surface area contributed by atoms with Gasteiger partial charge in [0.25, 0.3) is 0 Å². The number of para-hydroxylation sites is 1. The van der Waals surface area contributed by atoms with Gasteiger partial charge in [-0.15, -0.1) is 0 Å². The third kappa shape index (κ3) is 2.82. The Morgan fingerprint density at radius 3 is 2.56 bits per heavy atom. The summed E-state index contributed by atoms with van der Waals surface area (Å²) in [6.07, 6.45) is -3.42. The molecule has 0 N–H and O–H groups in total. The Kier molecular flexibility index (Phi) is 3.90. The van der Waals surface area contributed by atoms with Gasteiger partial charge < -0.3 is 4.90 Å². The summed E-state index contributed by atoms with van der Waals surface area (Å²) in [4.78, 5) is 2.23. The van der Waals surface area contributed by atoms with E-state index in [4.69, 9.17) is 0 Å². The first-order valence-electron chi connectivity index (χ1n) is 5.95. The number of nitrogens with zero attached hydrogens (tertiary/aromatic N) is 1. The zero-order chi connectivity index (χ0) is 13.3. The van der Waals surface area contributed by atoms with Crippen LogP contribution in [0.25, 0.3) is 0 Å². The fourth-order valence-corrected chi connectivity index (χ4v) is 2.70. The van der Waals surface area contributed by atoms with E-state index in [2.05, 4.69) is 22.9 Å². The van der Waals surface area contributed by atoms with E-state index in [1.165, 1.54) is 6.07 Å². The van der Waals surface area contributed by atoms with Gasteiger partial charge in [0, 0.05) is 23.6 Å². The van der Waals surface area contributed by atoms with Gasteiger partial charge in [-0.3, -0.25) is 0 Å². The predicted octanol–water partition coefficient (Wildman–Crippen LogP) is 4.32. The summed E-state index contributed by atoms with van der Waals surface area (Å²) in [5, 5.41) is 0. The number of piperidine rings is 1. The highest BCUT2D eigenvalue weighted by Crippen LogP contribution is 2.38. The molecular weight excluding hydrogens is 307 g/mol. The van der Waals surface area contributed by atoms with Gasteiger partial charge in [0.1, 0.15) is 0 Å². The van der Waals surface area contributed by atoms with Crippen LogP contribution in [-0.4, -0.2) is 17.9 Å². The Balaban J connectivity index is 2.29. The highest BCUT2D eigenvalue weighted by atomic mass is 79.9. The van der Waals surface area contributed by atoms with E-state index in [9.17, 15) is 13.2 Å². The normalized spacial score (nSPS) is 25.3. The maximum absolute atomic E-state index is 12.9. The van der Waals surface area contributed by atoms with Crippen molar-refractivity contribution in [1.29, 1.82) is 0 Å². The summed E-state index contributed by atoms with van der Waals surface area (Å²) in [6.45, 7) is 3.37. The highest BCUT2D eigenvalue weighted by molar-refractivity contribution is 9.09. The van der Waals surface area contributed by atoms with Crippen molar-refractivity contribution in [2.45, 2.75) is 24.3 Å². The smallest absolute Gasteiger partial charge is 0.371 e. The van der Waals surface area contributed by atoms with Gasteiger partial charge in [-0.25, -0.2) is 0 Å². The highest BCUT2D eigenvalue weighted by Gasteiger charge is 2.35. The van der Waals surface area contributed by atoms with Crippen LogP contribution < -0.4 is 4.90 Å². The summed E-state index contributed by atoms with van der Waals surface area (Å²) in [5.41, 5.74) is -0.235. The molecule has 2 atom stereocenters. The van der Waals surface area contributed by atoms with Crippen molar-refractivity contribution in [3.8, 4) is 0 Å². The lowest BCUT2D eigenvalue weighted by Gasteiger charge is -2.37. The minimum Gasteiger partial charge on any atom is -0.371 e. The lowest BCUT2D eigenvalue weighted by molar-refractivity contribution is -0.137. The molecule has 5 heteroatoms. The quantitative estimate of drug-likeness (QED) is 0.696. The Labute approximate surface area is 113 Å². The third-order valence-electron chi connectivity index (χ3n) is 3.35. The number of benzene rings is 1. The van der Waals surface area contributed by atoms with E-state index < -0.39 is 11.7 Å². The van der Waals surface area contributed by atoms with Crippen molar-refractivity contribution >= 4 is 21.6 Å². The molecule has 1 aliphatic heterocycles. The molecule has 2 rings (SSSR count). The van der Waals surface area contributed by atoms with Crippen molar-refractivity contribution in [2.24, 2.45) is 5.92 Å². The maximum Gasteiger partial charge on any atom is 0.418 e. The molecular formula is C13H15BrF3N. The average molecular weight is 322 g/mol. The SMILES string of the molecule is CC1CN(c2ccccc2C(F)(F)F)CCC1Br. The summed E-state index contributed by atoms with van der Waals surface area (Å²) in [6, 6.07) is 5.81. The molecule has 0 amide bonds. The molecule has 100 valence electrons. The van der Waals surface area contributed by atoms with Crippen molar-refractivity contribution in [3.05, 3.63) is 29.8 Å². The first kappa shape index (κ1) is 13.7. The van der Waals surface area contributed by atoms with Crippen molar-refractivity contribution in [3.63, 3.8) is 0 Å². The lowest BCUT2D eigenvalue weighted by atomic mass is 9.98. The van der Waals surface area contributed by atoms with Crippen molar-refractivity contribution in [2.75, 3.05) is 18.0 Å². The molecule has 1 nitrogen and oxygen atoms in total. The molecule has 0 bridgehead atoms. The summed E-state index contributed by atoms with van der Waals surface area (Å²) in [5.74, 6) is 0.347. The van der Waals surface area contributed by atoms with Crippen LogP contribution >= 0.6 is 15.9 Å². The number of rotatable bonds is 1. The van der Waals surface area contributed by atoms with Gasteiger partial charge in [0.15, 0.2) is 0 Å². The Morgan fingerprint density at radius 2 is 1.94 bits per heavy atom. The average Bonchev–Trinajstić information content (AvgIpc) is 2.32. The van der Waals surface area contributed by atoms with Crippen LogP contribution in [0.4, 0.5) is 18.9 Å². The first-order chi connectivity index (χ1) is 8.39. The Morgan fingerprint density at radius 1 is 1.28 bits per heavy atom. The fourth-order valence-electron chi connectivity index (χ4n) is 2.32. The van der Waals surface area contributed by atoms with E-state index in [0.29, 0.717) is 29.5 Å². The van der Waals surface area contributed by atoms with Crippen LogP contribution in [0.2, 0.25) is 0 Å². The van der Waals surface area contributed by atoms with E-state index >= 15 is 0 Å². The Bertz CT molecular complexity index is 419. The molecule has 18 heavy (non-hydrogen) atoms. The fraction of sp³-hybridized carbons (Fsp3) is 0.538. The molecule has 0 spiro atoms. The van der Waals surface area contributed by atoms with Crippen LogP contribution in [0.5, 0.6) is 0 Å². The molecule has 0 radical (unpaired) electrons. The second-order valence-corrected chi connectivity index (χ2v) is 5.92. The zero-order valence-corrected chi connectivity index (χ0v) is 11.6. The topological polar surface area (TPSA) is 3.24 Å². The molecule has 0 aromatic heterocycles. The van der Waals surface area contributed by atoms with Crippen LogP contribution in [0.15, 0.2) is 24.3 Å². The minimum absolute atomic E-state index is 0.302. The monoisotopic (exact) mass is 321 g/mol. The second kappa shape index (κ2) is 5.11. The van der Waals surface area contributed by atoms with Crippen LogP contribution in [0.3, 0.4) is 0 Å². The minimum atomic E-state index is -4.29. The molecule has 0 saturated carbocycles. The van der Waals surface area contributed by atoms with Gasteiger partial charge >= 0.3 is 6.18 Å². The maximum atomic E-state index is 12.9. The van der Waals surface area contributed by atoms with E-state index in [-0.39, 0.29) is 0 Å². The van der Waals surface area contributed by atoms with Crippen molar-refractivity contribution < 1.29 is 13.2 Å². The van der Waals surface area contributed by atoms with E-state index in [0.717, 1.165) is 12.5 Å². The van der Waals surface area contributed by atoms with Crippen LogP contribution in [-0.2, 0) is 6.18 Å². The van der Waals surface area contributed by atoms with Gasteiger partial charge in [-0.1, -0.05) is 35.0 Å². The molecule has 1 saturated heterocycles. The number of alkyl halides is 4. The molecule has 2 unspecified atom stereocenters. The van der Waals surface area contributed by atoms with Crippen molar-refractivity contribution in [1.82, 2.24) is 0 Å². The number of halogens is 4. The van der Waals surface area contributed by atoms with Crippen LogP contribution in [0, 0.1) is 5.92 Å². The van der Waals surface area contributed by atoms with Gasteiger partial charge in [-0.05, 0) is 24.5 Å². The van der Waals surface area contributed by atoms with Gasteiger partial charge in [0.05, 0.1) is 5.56 Å². The third-order valence-corrected chi connectivity index (χ3v) is 4.71. The van der Waals surface area contributed by atoms with E-state index in [1.54, 1.807) is 12.1 Å². The number of anilines is 1. The molecule has 1 heterocycles. The summed E-state index contributed by atoms with van der Waals surface area (Å²) in [7, 11) is 0. The second-order valence-electron chi connectivity index (χ2n) is 4.74. The largest absolute Gasteiger partial charge is 0.418 e. The zero-order valence-electron chi connectivity index (χ0n) is 10.0. The standard InChI is InChI=1S/C13H15BrF3N/c1-9-8-18(7-6-11(9)14)12-5-3-2-4-10(12)13(15,16)17/h2-5,9,11H,6-8H2,1H3. The lowest BCUT2D eigenvalue weighted by Crippen LogP contribution is -2.40. The molecule has 1 aliphatic rings. The summed E-state index contributed by atoms with van der Waals surface area (Å²) < 4.78 is 38.8. The van der Waals surface area contributed by atoms with Gasteiger partial charge in [-0.2, -0.15) is 13.2 Å². The molecule has 1 aromatic rings. The van der Waals surface area contributed by atoms with Crippen LogP contribution in [0.1, 0.15) is 18.9 Å². The molecule has 1 aromatic carbocycles. The van der Waals surface area contributed by atoms with Gasteiger partial charge in [0.2, 0.25) is 0 Å². The Hall–Kier alpha value is -0.710. The number of hydrogen-bond acceptors (Lipinski definition) is 1. The molecule has 0 aliphatic carbocycles. The molecule has 1 fully saturated rings.